The average molecular weight is 250 g/mol. The molecule has 2 aromatic rings. The molecular formula is C13H16ClN3. The molecule has 0 bridgehead atoms. The predicted molar refractivity (Wildman–Crippen MR) is 70.6 cm³/mol. The smallest absolute Gasteiger partial charge is 0.0663 e. The maximum atomic E-state index is 6.13. The molecule has 0 spiro atoms. The van der Waals surface area contributed by atoms with Crippen LogP contribution in [0.25, 0.3) is 5.69 Å². The van der Waals surface area contributed by atoms with Gasteiger partial charge in [0.05, 0.1) is 11.9 Å². The van der Waals surface area contributed by atoms with Gasteiger partial charge in [-0.1, -0.05) is 24.6 Å². The van der Waals surface area contributed by atoms with E-state index < -0.39 is 0 Å². The van der Waals surface area contributed by atoms with Crippen molar-refractivity contribution in [3.63, 3.8) is 0 Å². The van der Waals surface area contributed by atoms with Gasteiger partial charge in [-0.2, -0.15) is 5.10 Å². The first-order valence-corrected chi connectivity index (χ1v) is 6.07. The monoisotopic (exact) mass is 249 g/mol. The zero-order valence-electron chi connectivity index (χ0n) is 10.1. The Morgan fingerprint density at radius 1 is 1.41 bits per heavy atom. The summed E-state index contributed by atoms with van der Waals surface area (Å²) >= 11 is 6.13. The standard InChI is InChI=1S/C13H16ClN3/c1-3-13-10(7-15)8-16-17(13)11-5-4-9(2)12(14)6-11/h4-6,8H,3,7,15H2,1-2H3. The number of benzene rings is 1. The lowest BCUT2D eigenvalue weighted by Crippen LogP contribution is -2.05. The second-order valence-electron chi connectivity index (χ2n) is 4.02. The topological polar surface area (TPSA) is 43.8 Å². The van der Waals surface area contributed by atoms with Crippen molar-refractivity contribution in [1.82, 2.24) is 9.78 Å². The Labute approximate surface area is 106 Å². The molecule has 0 aliphatic carbocycles. The van der Waals surface area contributed by atoms with E-state index in [1.165, 1.54) is 0 Å². The molecule has 2 rings (SSSR count). The van der Waals surface area contributed by atoms with Gasteiger partial charge in [0, 0.05) is 22.8 Å². The molecule has 0 unspecified atom stereocenters. The van der Waals surface area contributed by atoms with Gasteiger partial charge in [-0.25, -0.2) is 4.68 Å². The summed E-state index contributed by atoms with van der Waals surface area (Å²) in [7, 11) is 0. The Balaban J connectivity index is 2.52. The highest BCUT2D eigenvalue weighted by Crippen LogP contribution is 2.21. The molecule has 0 radical (unpaired) electrons. The summed E-state index contributed by atoms with van der Waals surface area (Å²) in [5.41, 5.74) is 9.98. The first kappa shape index (κ1) is 12.1. The molecule has 3 nitrogen and oxygen atoms in total. The lowest BCUT2D eigenvalue weighted by atomic mass is 10.2. The van der Waals surface area contributed by atoms with Crippen LogP contribution in [-0.4, -0.2) is 9.78 Å². The van der Waals surface area contributed by atoms with Gasteiger partial charge in [-0.15, -0.1) is 0 Å². The molecule has 0 atom stereocenters. The number of aryl methyl sites for hydroxylation is 1. The largest absolute Gasteiger partial charge is 0.326 e. The third-order valence-electron chi connectivity index (χ3n) is 2.91. The fraction of sp³-hybridized carbons (Fsp3) is 0.308. The Bertz CT molecular complexity index is 531. The highest BCUT2D eigenvalue weighted by atomic mass is 35.5. The summed E-state index contributed by atoms with van der Waals surface area (Å²) in [6.45, 7) is 4.60. The first-order chi connectivity index (χ1) is 8.17. The van der Waals surface area contributed by atoms with Crippen molar-refractivity contribution < 1.29 is 0 Å². The van der Waals surface area contributed by atoms with E-state index >= 15 is 0 Å². The molecule has 0 saturated heterocycles. The van der Waals surface area contributed by atoms with Crippen LogP contribution in [0.1, 0.15) is 23.7 Å². The molecule has 1 heterocycles. The minimum absolute atomic E-state index is 0.517. The summed E-state index contributed by atoms with van der Waals surface area (Å²) in [4.78, 5) is 0. The molecule has 90 valence electrons. The number of hydrogen-bond acceptors (Lipinski definition) is 2. The number of rotatable bonds is 3. The van der Waals surface area contributed by atoms with Crippen molar-refractivity contribution in [2.75, 3.05) is 0 Å². The van der Waals surface area contributed by atoms with Gasteiger partial charge in [-0.3, -0.25) is 0 Å². The lowest BCUT2D eigenvalue weighted by Gasteiger charge is -2.08. The van der Waals surface area contributed by atoms with E-state index in [1.807, 2.05) is 36.0 Å². The van der Waals surface area contributed by atoms with Crippen LogP contribution < -0.4 is 5.73 Å². The molecule has 0 saturated carbocycles. The first-order valence-electron chi connectivity index (χ1n) is 5.69. The second kappa shape index (κ2) is 4.90. The van der Waals surface area contributed by atoms with E-state index in [2.05, 4.69) is 12.0 Å². The number of nitrogens with zero attached hydrogens (tertiary/aromatic N) is 2. The number of hydrogen-bond donors (Lipinski definition) is 1. The van der Waals surface area contributed by atoms with Crippen molar-refractivity contribution in [1.29, 1.82) is 0 Å². The van der Waals surface area contributed by atoms with Crippen molar-refractivity contribution in [2.45, 2.75) is 26.8 Å². The Morgan fingerprint density at radius 2 is 2.18 bits per heavy atom. The second-order valence-corrected chi connectivity index (χ2v) is 4.43. The van der Waals surface area contributed by atoms with Crippen LogP contribution in [-0.2, 0) is 13.0 Å². The molecule has 1 aromatic heterocycles. The molecule has 0 fully saturated rings. The highest BCUT2D eigenvalue weighted by molar-refractivity contribution is 6.31. The number of halogens is 1. The van der Waals surface area contributed by atoms with E-state index in [-0.39, 0.29) is 0 Å². The number of nitrogens with two attached hydrogens (primary N) is 1. The summed E-state index contributed by atoms with van der Waals surface area (Å²) in [5, 5.41) is 5.14. The van der Waals surface area contributed by atoms with Crippen LogP contribution in [0.3, 0.4) is 0 Å². The zero-order valence-corrected chi connectivity index (χ0v) is 10.8. The van der Waals surface area contributed by atoms with Crippen LogP contribution in [0.15, 0.2) is 24.4 Å². The van der Waals surface area contributed by atoms with Gasteiger partial charge in [0.15, 0.2) is 0 Å². The fourth-order valence-electron chi connectivity index (χ4n) is 1.89. The van der Waals surface area contributed by atoms with Crippen LogP contribution in [0.4, 0.5) is 0 Å². The zero-order chi connectivity index (χ0) is 12.4. The van der Waals surface area contributed by atoms with E-state index in [0.29, 0.717) is 6.54 Å². The molecule has 17 heavy (non-hydrogen) atoms. The van der Waals surface area contributed by atoms with Crippen LogP contribution in [0, 0.1) is 6.92 Å². The summed E-state index contributed by atoms with van der Waals surface area (Å²) < 4.78 is 1.91. The molecule has 4 heteroatoms. The minimum atomic E-state index is 0.517. The third-order valence-corrected chi connectivity index (χ3v) is 3.32. The highest BCUT2D eigenvalue weighted by Gasteiger charge is 2.10. The molecule has 0 aliphatic heterocycles. The summed E-state index contributed by atoms with van der Waals surface area (Å²) in [6.07, 6.45) is 2.73. The van der Waals surface area contributed by atoms with Crippen LogP contribution in [0.5, 0.6) is 0 Å². The SMILES string of the molecule is CCc1c(CN)cnn1-c1ccc(C)c(Cl)c1. The predicted octanol–water partition coefficient (Wildman–Crippen LogP) is 2.86. The number of aromatic nitrogens is 2. The van der Waals surface area contributed by atoms with Gasteiger partial charge in [0.25, 0.3) is 0 Å². The van der Waals surface area contributed by atoms with Gasteiger partial charge < -0.3 is 5.73 Å². The van der Waals surface area contributed by atoms with E-state index in [1.54, 1.807) is 0 Å². The summed E-state index contributed by atoms with van der Waals surface area (Å²) in [6, 6.07) is 5.96. The minimum Gasteiger partial charge on any atom is -0.326 e. The fourth-order valence-corrected chi connectivity index (χ4v) is 2.07. The third kappa shape index (κ3) is 2.21. The van der Waals surface area contributed by atoms with E-state index in [4.69, 9.17) is 17.3 Å². The van der Waals surface area contributed by atoms with Gasteiger partial charge >= 0.3 is 0 Å². The molecule has 2 N–H and O–H groups in total. The van der Waals surface area contributed by atoms with Crippen LogP contribution >= 0.6 is 11.6 Å². The Morgan fingerprint density at radius 3 is 2.76 bits per heavy atom. The van der Waals surface area contributed by atoms with Gasteiger partial charge in [0.1, 0.15) is 0 Å². The van der Waals surface area contributed by atoms with Crippen molar-refractivity contribution in [3.05, 3.63) is 46.2 Å². The Kier molecular flexibility index (Phi) is 3.50. The van der Waals surface area contributed by atoms with Crippen LogP contribution in [0.2, 0.25) is 5.02 Å². The van der Waals surface area contributed by atoms with Gasteiger partial charge in [-0.05, 0) is 31.0 Å². The van der Waals surface area contributed by atoms with E-state index in [9.17, 15) is 0 Å². The van der Waals surface area contributed by atoms with Crippen molar-refractivity contribution in [3.8, 4) is 5.69 Å². The quantitative estimate of drug-likeness (QED) is 0.909. The normalized spacial score (nSPS) is 10.8. The lowest BCUT2D eigenvalue weighted by molar-refractivity contribution is 0.807. The summed E-state index contributed by atoms with van der Waals surface area (Å²) in [5.74, 6) is 0. The molecule has 0 amide bonds. The molecular weight excluding hydrogens is 234 g/mol. The average Bonchev–Trinajstić information content (AvgIpc) is 2.75. The maximum Gasteiger partial charge on any atom is 0.0663 e. The molecule has 0 aliphatic rings. The van der Waals surface area contributed by atoms with Crippen molar-refractivity contribution >= 4 is 11.6 Å². The Hall–Kier alpha value is -1.32. The van der Waals surface area contributed by atoms with Crippen molar-refractivity contribution in [2.24, 2.45) is 5.73 Å². The van der Waals surface area contributed by atoms with E-state index in [0.717, 1.165) is 34.0 Å². The van der Waals surface area contributed by atoms with Gasteiger partial charge in [0.2, 0.25) is 0 Å². The molecule has 1 aromatic carbocycles. The maximum absolute atomic E-state index is 6.13.